The molecule has 3 nitrogen and oxygen atoms in total. The fraction of sp³-hybridized carbons (Fsp3) is 0. The van der Waals surface area contributed by atoms with E-state index < -0.39 is 11.7 Å². The Balaban J connectivity index is 2.28. The summed E-state index contributed by atoms with van der Waals surface area (Å²) in [6.45, 7) is 0. The third-order valence-corrected chi connectivity index (χ3v) is 3.97. The van der Waals surface area contributed by atoms with Crippen LogP contribution in [0.4, 0.5) is 10.1 Å². The molecule has 0 radical (unpaired) electrons. The van der Waals surface area contributed by atoms with Crippen LogP contribution in [0.2, 0.25) is 5.02 Å². The number of anilines is 1. The normalized spacial score (nSPS) is 10.2. The summed E-state index contributed by atoms with van der Waals surface area (Å²) >= 11 is 14.0. The van der Waals surface area contributed by atoms with Gasteiger partial charge in [-0.3, -0.25) is 4.79 Å². The number of thiocarbonyl (C=S) groups is 1. The van der Waals surface area contributed by atoms with E-state index in [-0.39, 0.29) is 15.6 Å². The topological polar surface area (TPSA) is 55.1 Å². The first-order chi connectivity index (χ1) is 9.90. The number of hydrogen-bond donors (Lipinski definition) is 2. The molecule has 0 aliphatic heterocycles. The summed E-state index contributed by atoms with van der Waals surface area (Å²) in [6.07, 6.45) is 0. The molecule has 0 heterocycles. The number of amides is 1. The van der Waals surface area contributed by atoms with Crippen LogP contribution in [0, 0.1) is 5.82 Å². The van der Waals surface area contributed by atoms with E-state index >= 15 is 0 Å². The van der Waals surface area contributed by atoms with Crippen molar-refractivity contribution in [3.63, 3.8) is 0 Å². The van der Waals surface area contributed by atoms with Crippen molar-refractivity contribution in [1.29, 1.82) is 0 Å². The van der Waals surface area contributed by atoms with Crippen molar-refractivity contribution in [1.82, 2.24) is 0 Å². The van der Waals surface area contributed by atoms with Crippen LogP contribution in [0.15, 0.2) is 40.9 Å². The first kappa shape index (κ1) is 15.9. The van der Waals surface area contributed by atoms with E-state index in [1.807, 2.05) is 0 Å². The zero-order valence-electron chi connectivity index (χ0n) is 10.5. The highest BCUT2D eigenvalue weighted by atomic mass is 79.9. The molecule has 0 unspecified atom stereocenters. The van der Waals surface area contributed by atoms with Gasteiger partial charge in [0, 0.05) is 10.0 Å². The number of halogens is 3. The molecular formula is C14H9BrClFN2OS. The lowest BCUT2D eigenvalue weighted by atomic mass is 10.1. The van der Waals surface area contributed by atoms with Crippen LogP contribution in [-0.4, -0.2) is 10.9 Å². The van der Waals surface area contributed by atoms with Crippen LogP contribution >= 0.6 is 39.7 Å². The number of carbonyl (C=O) groups excluding carboxylic acids is 1. The molecule has 0 saturated carbocycles. The fourth-order valence-corrected chi connectivity index (χ4v) is 2.46. The van der Waals surface area contributed by atoms with Crippen molar-refractivity contribution in [3.05, 3.63) is 62.8 Å². The Morgan fingerprint density at radius 1 is 1.33 bits per heavy atom. The van der Waals surface area contributed by atoms with Gasteiger partial charge in [0.2, 0.25) is 0 Å². The number of benzene rings is 2. The van der Waals surface area contributed by atoms with E-state index in [1.54, 1.807) is 18.2 Å². The molecule has 7 heteroatoms. The Bertz CT molecular complexity index is 739. The highest BCUT2D eigenvalue weighted by Crippen LogP contribution is 2.26. The van der Waals surface area contributed by atoms with Gasteiger partial charge >= 0.3 is 0 Å². The zero-order chi connectivity index (χ0) is 15.6. The molecule has 1 amide bonds. The smallest absolute Gasteiger partial charge is 0.257 e. The maximum Gasteiger partial charge on any atom is 0.257 e. The SMILES string of the molecule is NC(=S)c1ccc(NC(=O)c2cccc(F)c2Cl)c(Br)c1. The molecule has 108 valence electrons. The Labute approximate surface area is 139 Å². The zero-order valence-corrected chi connectivity index (χ0v) is 13.7. The van der Waals surface area contributed by atoms with Gasteiger partial charge in [-0.1, -0.05) is 29.9 Å². The second-order valence-corrected chi connectivity index (χ2v) is 5.79. The van der Waals surface area contributed by atoms with Crippen molar-refractivity contribution in [2.24, 2.45) is 5.73 Å². The lowest BCUT2D eigenvalue weighted by molar-refractivity contribution is 0.102. The molecule has 0 saturated heterocycles. The average Bonchev–Trinajstić information content (AvgIpc) is 2.43. The standard InChI is InChI=1S/C14H9BrClFN2OS/c15-9-6-7(13(18)21)4-5-11(9)19-14(20)8-2-1-3-10(17)12(8)16/h1-6H,(H2,18,21)(H,19,20). The minimum absolute atomic E-state index is 0.0574. The molecule has 2 rings (SSSR count). The predicted octanol–water partition coefficient (Wildman–Crippen LogP) is 4.13. The molecule has 0 aromatic heterocycles. The number of carbonyl (C=O) groups is 1. The average molecular weight is 388 g/mol. The maximum absolute atomic E-state index is 13.3. The molecule has 0 fully saturated rings. The van der Waals surface area contributed by atoms with Crippen LogP contribution in [0.1, 0.15) is 15.9 Å². The van der Waals surface area contributed by atoms with Gasteiger partial charge < -0.3 is 11.1 Å². The molecule has 0 aliphatic carbocycles. The molecule has 0 aliphatic rings. The Morgan fingerprint density at radius 2 is 2.05 bits per heavy atom. The van der Waals surface area contributed by atoms with Gasteiger partial charge in [-0.25, -0.2) is 4.39 Å². The van der Waals surface area contributed by atoms with E-state index in [1.165, 1.54) is 18.2 Å². The largest absolute Gasteiger partial charge is 0.389 e. The Kier molecular flexibility index (Phi) is 4.92. The van der Waals surface area contributed by atoms with E-state index in [0.29, 0.717) is 15.7 Å². The van der Waals surface area contributed by atoms with E-state index in [0.717, 1.165) is 0 Å². The van der Waals surface area contributed by atoms with Gasteiger partial charge in [-0.2, -0.15) is 0 Å². The van der Waals surface area contributed by atoms with Gasteiger partial charge in [0.1, 0.15) is 10.8 Å². The molecule has 0 atom stereocenters. The maximum atomic E-state index is 13.3. The summed E-state index contributed by atoms with van der Waals surface area (Å²) < 4.78 is 14.0. The molecule has 21 heavy (non-hydrogen) atoms. The Morgan fingerprint density at radius 3 is 2.67 bits per heavy atom. The number of nitrogens with one attached hydrogen (secondary N) is 1. The van der Waals surface area contributed by atoms with E-state index in [9.17, 15) is 9.18 Å². The van der Waals surface area contributed by atoms with Gasteiger partial charge in [-0.15, -0.1) is 0 Å². The van der Waals surface area contributed by atoms with Gasteiger partial charge in [0.05, 0.1) is 16.3 Å². The summed E-state index contributed by atoms with van der Waals surface area (Å²) in [6, 6.07) is 9.05. The van der Waals surface area contributed by atoms with Crippen molar-refractivity contribution in [2.75, 3.05) is 5.32 Å². The molecule has 2 aromatic rings. The minimum Gasteiger partial charge on any atom is -0.389 e. The molecule has 0 bridgehead atoms. The highest BCUT2D eigenvalue weighted by Gasteiger charge is 2.15. The number of hydrogen-bond acceptors (Lipinski definition) is 2. The monoisotopic (exact) mass is 386 g/mol. The van der Waals surface area contributed by atoms with Gasteiger partial charge in [-0.05, 0) is 46.3 Å². The molecule has 0 spiro atoms. The fourth-order valence-electron chi connectivity index (χ4n) is 1.64. The van der Waals surface area contributed by atoms with Crippen LogP contribution in [0.3, 0.4) is 0 Å². The lowest BCUT2D eigenvalue weighted by Crippen LogP contribution is -2.14. The van der Waals surface area contributed by atoms with Crippen LogP contribution in [0.25, 0.3) is 0 Å². The van der Waals surface area contributed by atoms with Crippen molar-refractivity contribution >= 4 is 56.3 Å². The van der Waals surface area contributed by atoms with Crippen molar-refractivity contribution in [2.45, 2.75) is 0 Å². The highest BCUT2D eigenvalue weighted by molar-refractivity contribution is 9.10. The Hall–Kier alpha value is -1.50. The summed E-state index contributed by atoms with van der Waals surface area (Å²) in [7, 11) is 0. The lowest BCUT2D eigenvalue weighted by Gasteiger charge is -2.10. The molecule has 3 N–H and O–H groups in total. The first-order valence-corrected chi connectivity index (χ1v) is 7.33. The quantitative estimate of drug-likeness (QED) is 0.779. The second-order valence-electron chi connectivity index (χ2n) is 4.11. The summed E-state index contributed by atoms with van der Waals surface area (Å²) in [4.78, 5) is 12.4. The molecular weight excluding hydrogens is 379 g/mol. The van der Waals surface area contributed by atoms with E-state index in [4.69, 9.17) is 29.6 Å². The van der Waals surface area contributed by atoms with Crippen molar-refractivity contribution < 1.29 is 9.18 Å². The number of rotatable bonds is 3. The van der Waals surface area contributed by atoms with Gasteiger partial charge in [0.25, 0.3) is 5.91 Å². The van der Waals surface area contributed by atoms with E-state index in [2.05, 4.69) is 21.2 Å². The third-order valence-electron chi connectivity index (χ3n) is 2.70. The minimum atomic E-state index is -0.646. The van der Waals surface area contributed by atoms with Crippen molar-refractivity contribution in [3.8, 4) is 0 Å². The third kappa shape index (κ3) is 3.58. The number of nitrogens with two attached hydrogens (primary N) is 1. The first-order valence-electron chi connectivity index (χ1n) is 5.75. The molecule has 2 aromatic carbocycles. The predicted molar refractivity (Wildman–Crippen MR) is 89.4 cm³/mol. The van der Waals surface area contributed by atoms with Gasteiger partial charge in [0.15, 0.2) is 0 Å². The summed E-state index contributed by atoms with van der Waals surface area (Å²) in [5.41, 5.74) is 6.75. The van der Waals surface area contributed by atoms with Crippen LogP contribution < -0.4 is 11.1 Å². The second kappa shape index (κ2) is 6.51. The summed E-state index contributed by atoms with van der Waals surface area (Å²) in [5, 5.41) is 2.42. The van der Waals surface area contributed by atoms with Crippen LogP contribution in [-0.2, 0) is 0 Å². The summed E-state index contributed by atoms with van der Waals surface area (Å²) in [5.74, 6) is -1.16. The van der Waals surface area contributed by atoms with Crippen LogP contribution in [0.5, 0.6) is 0 Å².